The molecule has 1 aromatic carbocycles. The number of nitrogens with zero attached hydrogens (tertiary/aromatic N) is 1. The van der Waals surface area contributed by atoms with Crippen molar-refractivity contribution in [1.29, 1.82) is 0 Å². The van der Waals surface area contributed by atoms with E-state index in [0.29, 0.717) is 0 Å². The number of alkyl halides is 1. The average molecular weight is 306 g/mol. The Morgan fingerprint density at radius 2 is 2.00 bits per heavy atom. The standard InChI is InChI=1S/C9H11IN2O2/c1-2-9(10,11)7-3-5-8(6-4-7)12(13)14/h3-6H,2,11H2,1H3. The Hall–Kier alpha value is -0.690. The van der Waals surface area contributed by atoms with Crippen molar-refractivity contribution in [3.05, 3.63) is 39.9 Å². The molecule has 2 N–H and O–H groups in total. The van der Waals surface area contributed by atoms with Gasteiger partial charge in [0, 0.05) is 12.1 Å². The van der Waals surface area contributed by atoms with Gasteiger partial charge in [-0.25, -0.2) is 0 Å². The largest absolute Gasteiger partial charge is 0.313 e. The molecule has 0 spiro atoms. The van der Waals surface area contributed by atoms with Gasteiger partial charge in [-0.05, 0) is 24.1 Å². The summed E-state index contributed by atoms with van der Waals surface area (Å²) in [4.78, 5) is 9.99. The highest BCUT2D eigenvalue weighted by molar-refractivity contribution is 14.1. The summed E-state index contributed by atoms with van der Waals surface area (Å²) in [6.07, 6.45) is 0.783. The van der Waals surface area contributed by atoms with Gasteiger partial charge in [0.1, 0.15) is 0 Å². The Balaban J connectivity index is 2.99. The fraction of sp³-hybridized carbons (Fsp3) is 0.333. The van der Waals surface area contributed by atoms with Crippen molar-refractivity contribution in [2.75, 3.05) is 0 Å². The van der Waals surface area contributed by atoms with Crippen molar-refractivity contribution in [2.24, 2.45) is 5.73 Å². The maximum atomic E-state index is 10.4. The second-order valence-electron chi connectivity index (χ2n) is 3.02. The van der Waals surface area contributed by atoms with Gasteiger partial charge in [-0.1, -0.05) is 29.5 Å². The molecular formula is C9H11IN2O2. The summed E-state index contributed by atoms with van der Waals surface area (Å²) in [5.74, 6) is 0. The molecule has 0 aliphatic heterocycles. The highest BCUT2D eigenvalue weighted by Crippen LogP contribution is 2.30. The fourth-order valence-corrected chi connectivity index (χ4v) is 1.42. The van der Waals surface area contributed by atoms with E-state index in [0.717, 1.165) is 12.0 Å². The van der Waals surface area contributed by atoms with Crippen molar-refractivity contribution in [3.8, 4) is 0 Å². The summed E-state index contributed by atoms with van der Waals surface area (Å²) < 4.78 is -0.438. The van der Waals surface area contributed by atoms with Crippen LogP contribution in [-0.2, 0) is 3.55 Å². The monoisotopic (exact) mass is 306 g/mol. The molecule has 0 saturated heterocycles. The van der Waals surface area contributed by atoms with Gasteiger partial charge in [-0.2, -0.15) is 0 Å². The van der Waals surface area contributed by atoms with Gasteiger partial charge >= 0.3 is 0 Å². The van der Waals surface area contributed by atoms with Gasteiger partial charge in [-0.15, -0.1) is 0 Å². The summed E-state index contributed by atoms with van der Waals surface area (Å²) in [6, 6.07) is 6.36. The number of nitro benzene ring substituents is 1. The van der Waals surface area contributed by atoms with Crippen LogP contribution in [-0.4, -0.2) is 4.92 Å². The van der Waals surface area contributed by atoms with Gasteiger partial charge in [-0.3, -0.25) is 10.1 Å². The molecular weight excluding hydrogens is 295 g/mol. The van der Waals surface area contributed by atoms with Crippen LogP contribution in [0, 0.1) is 10.1 Å². The van der Waals surface area contributed by atoms with Crippen molar-refractivity contribution in [2.45, 2.75) is 16.9 Å². The average Bonchev–Trinajstić information content (AvgIpc) is 2.18. The number of nitro groups is 1. The lowest BCUT2D eigenvalue weighted by Crippen LogP contribution is -2.27. The smallest absolute Gasteiger partial charge is 0.269 e. The van der Waals surface area contributed by atoms with Gasteiger partial charge in [0.25, 0.3) is 5.69 Å². The lowest BCUT2D eigenvalue weighted by Gasteiger charge is -2.20. The molecule has 0 heterocycles. The molecule has 14 heavy (non-hydrogen) atoms. The van der Waals surface area contributed by atoms with Crippen LogP contribution in [0.5, 0.6) is 0 Å². The minimum atomic E-state index is -0.438. The molecule has 76 valence electrons. The molecule has 0 fully saturated rings. The lowest BCUT2D eigenvalue weighted by molar-refractivity contribution is -0.384. The minimum Gasteiger partial charge on any atom is -0.313 e. The topological polar surface area (TPSA) is 69.2 Å². The molecule has 1 unspecified atom stereocenters. The van der Waals surface area contributed by atoms with Crippen molar-refractivity contribution >= 4 is 28.3 Å². The fourth-order valence-electron chi connectivity index (χ4n) is 1.06. The Bertz CT molecular complexity index is 335. The van der Waals surface area contributed by atoms with E-state index in [1.165, 1.54) is 12.1 Å². The van der Waals surface area contributed by atoms with Gasteiger partial charge in [0.15, 0.2) is 0 Å². The number of nitrogens with two attached hydrogens (primary N) is 1. The van der Waals surface area contributed by atoms with E-state index in [9.17, 15) is 10.1 Å². The summed E-state index contributed by atoms with van der Waals surface area (Å²) in [7, 11) is 0. The number of non-ortho nitro benzene ring substituents is 1. The molecule has 0 radical (unpaired) electrons. The van der Waals surface area contributed by atoms with Crippen molar-refractivity contribution in [1.82, 2.24) is 0 Å². The second kappa shape index (κ2) is 4.22. The normalized spacial score (nSPS) is 14.8. The van der Waals surface area contributed by atoms with Crippen LogP contribution in [0.3, 0.4) is 0 Å². The molecule has 1 atom stereocenters. The molecule has 0 aliphatic carbocycles. The van der Waals surface area contributed by atoms with E-state index in [1.807, 2.05) is 6.92 Å². The highest BCUT2D eigenvalue weighted by atomic mass is 127. The zero-order valence-electron chi connectivity index (χ0n) is 7.74. The van der Waals surface area contributed by atoms with E-state index >= 15 is 0 Å². The van der Waals surface area contributed by atoms with Crippen LogP contribution in [0.15, 0.2) is 24.3 Å². The van der Waals surface area contributed by atoms with E-state index in [1.54, 1.807) is 12.1 Å². The zero-order valence-corrected chi connectivity index (χ0v) is 9.89. The summed E-state index contributed by atoms with van der Waals surface area (Å²) >= 11 is 2.14. The highest BCUT2D eigenvalue weighted by Gasteiger charge is 2.21. The van der Waals surface area contributed by atoms with Gasteiger partial charge in [0.05, 0.1) is 8.47 Å². The molecule has 0 amide bonds. The predicted molar refractivity (Wildman–Crippen MR) is 63.3 cm³/mol. The third-order valence-electron chi connectivity index (χ3n) is 2.07. The third kappa shape index (κ3) is 2.42. The zero-order chi connectivity index (χ0) is 10.8. The quantitative estimate of drug-likeness (QED) is 0.307. The van der Waals surface area contributed by atoms with Crippen LogP contribution in [0.2, 0.25) is 0 Å². The lowest BCUT2D eigenvalue weighted by atomic mass is 10.1. The van der Waals surface area contributed by atoms with Gasteiger partial charge < -0.3 is 5.73 Å². The number of rotatable bonds is 3. The predicted octanol–water partition coefficient (Wildman–Crippen LogP) is 2.55. The maximum Gasteiger partial charge on any atom is 0.269 e. The summed E-state index contributed by atoms with van der Waals surface area (Å²) in [6.45, 7) is 1.98. The molecule has 1 rings (SSSR count). The van der Waals surface area contributed by atoms with Crippen LogP contribution in [0.4, 0.5) is 5.69 Å². The molecule has 4 nitrogen and oxygen atoms in total. The van der Waals surface area contributed by atoms with E-state index < -0.39 is 8.47 Å². The van der Waals surface area contributed by atoms with Crippen LogP contribution < -0.4 is 5.73 Å². The Kier molecular flexibility index (Phi) is 3.43. The number of hydrogen-bond donors (Lipinski definition) is 1. The Morgan fingerprint density at radius 1 is 1.50 bits per heavy atom. The van der Waals surface area contributed by atoms with Crippen LogP contribution in [0.25, 0.3) is 0 Å². The molecule has 0 aromatic heterocycles. The molecule has 0 aliphatic rings. The maximum absolute atomic E-state index is 10.4. The van der Waals surface area contributed by atoms with Crippen molar-refractivity contribution < 1.29 is 4.92 Å². The first-order valence-corrected chi connectivity index (χ1v) is 5.28. The summed E-state index contributed by atoms with van der Waals surface area (Å²) in [5.41, 5.74) is 6.98. The molecule has 0 saturated carbocycles. The minimum absolute atomic E-state index is 0.0945. The Labute approximate surface area is 95.8 Å². The van der Waals surface area contributed by atoms with E-state index in [4.69, 9.17) is 5.73 Å². The first kappa shape index (κ1) is 11.4. The van der Waals surface area contributed by atoms with Gasteiger partial charge in [0.2, 0.25) is 0 Å². The van der Waals surface area contributed by atoms with E-state index in [2.05, 4.69) is 22.6 Å². The van der Waals surface area contributed by atoms with E-state index in [-0.39, 0.29) is 5.69 Å². The SMILES string of the molecule is CCC(N)(I)c1ccc([N+](=O)[O-])cc1. The molecule has 1 aromatic rings. The number of benzene rings is 1. The Morgan fingerprint density at radius 3 is 2.36 bits per heavy atom. The van der Waals surface area contributed by atoms with Crippen LogP contribution >= 0.6 is 22.6 Å². The van der Waals surface area contributed by atoms with Crippen molar-refractivity contribution in [3.63, 3.8) is 0 Å². The van der Waals surface area contributed by atoms with Crippen LogP contribution in [0.1, 0.15) is 18.9 Å². The summed E-state index contributed by atoms with van der Waals surface area (Å²) in [5, 5.41) is 10.4. The first-order chi connectivity index (χ1) is 6.47. The molecule has 0 bridgehead atoms. The first-order valence-electron chi connectivity index (χ1n) is 4.20. The second-order valence-corrected chi connectivity index (χ2v) is 4.94. The molecule has 5 heteroatoms. The number of halogens is 1. The third-order valence-corrected chi connectivity index (χ3v) is 3.46. The number of hydrogen-bond acceptors (Lipinski definition) is 3.